The average molecular weight is 395 g/mol. The highest BCUT2D eigenvalue weighted by Gasteiger charge is 2.24. The number of amides is 1. The standard InChI is InChI=1S/C22H22FN3O3/c1-4-24-21(27)15(3)29-22(28)19-13-26(18-10-8-17(23)9-11-18)25-20(19)16-7-5-6-14(2)12-16/h5-13,15H,4H2,1-3H3,(H,24,27)/t15-/m1/s1. The number of halogens is 1. The quantitative estimate of drug-likeness (QED) is 0.647. The van der Waals surface area contributed by atoms with Crippen molar-refractivity contribution in [2.45, 2.75) is 26.9 Å². The minimum absolute atomic E-state index is 0.219. The first-order valence-electron chi connectivity index (χ1n) is 9.30. The van der Waals surface area contributed by atoms with Crippen LogP contribution in [0.2, 0.25) is 0 Å². The minimum atomic E-state index is -0.943. The Morgan fingerprint density at radius 3 is 2.59 bits per heavy atom. The summed E-state index contributed by atoms with van der Waals surface area (Å²) in [5, 5.41) is 7.14. The van der Waals surface area contributed by atoms with Crippen molar-refractivity contribution in [3.8, 4) is 16.9 Å². The fraction of sp³-hybridized carbons (Fsp3) is 0.227. The molecule has 0 spiro atoms. The van der Waals surface area contributed by atoms with E-state index in [2.05, 4.69) is 10.4 Å². The lowest BCUT2D eigenvalue weighted by Crippen LogP contribution is -2.35. The van der Waals surface area contributed by atoms with Crippen molar-refractivity contribution in [2.75, 3.05) is 6.54 Å². The molecule has 0 aliphatic carbocycles. The smallest absolute Gasteiger partial charge is 0.342 e. The van der Waals surface area contributed by atoms with Crippen LogP contribution in [-0.4, -0.2) is 34.3 Å². The van der Waals surface area contributed by atoms with Crippen LogP contribution >= 0.6 is 0 Å². The monoisotopic (exact) mass is 395 g/mol. The number of carbonyl (C=O) groups is 2. The van der Waals surface area contributed by atoms with E-state index in [-0.39, 0.29) is 17.3 Å². The van der Waals surface area contributed by atoms with E-state index in [0.29, 0.717) is 17.9 Å². The highest BCUT2D eigenvalue weighted by molar-refractivity contribution is 5.97. The van der Waals surface area contributed by atoms with Crippen LogP contribution in [0.25, 0.3) is 16.9 Å². The number of aryl methyl sites for hydroxylation is 1. The third-order valence-corrected chi connectivity index (χ3v) is 4.32. The van der Waals surface area contributed by atoms with E-state index < -0.39 is 12.1 Å². The SMILES string of the molecule is CCNC(=O)[C@@H](C)OC(=O)c1cn(-c2ccc(F)cc2)nc1-c1cccc(C)c1. The zero-order valence-corrected chi connectivity index (χ0v) is 16.5. The van der Waals surface area contributed by atoms with Gasteiger partial charge in [0, 0.05) is 18.3 Å². The number of rotatable bonds is 6. The fourth-order valence-corrected chi connectivity index (χ4v) is 2.85. The Bertz CT molecular complexity index is 1030. The number of benzene rings is 2. The van der Waals surface area contributed by atoms with E-state index in [4.69, 9.17) is 4.74 Å². The first-order valence-corrected chi connectivity index (χ1v) is 9.30. The van der Waals surface area contributed by atoms with Gasteiger partial charge in [0.1, 0.15) is 17.1 Å². The zero-order chi connectivity index (χ0) is 21.0. The van der Waals surface area contributed by atoms with Gasteiger partial charge in [0.05, 0.1) is 5.69 Å². The van der Waals surface area contributed by atoms with Crippen molar-refractivity contribution < 1.29 is 18.7 Å². The highest BCUT2D eigenvalue weighted by Crippen LogP contribution is 2.25. The highest BCUT2D eigenvalue weighted by atomic mass is 19.1. The summed E-state index contributed by atoms with van der Waals surface area (Å²) in [5.41, 5.74) is 2.98. The maximum absolute atomic E-state index is 13.3. The summed E-state index contributed by atoms with van der Waals surface area (Å²) in [7, 11) is 0. The number of likely N-dealkylation sites (N-methyl/N-ethyl adjacent to an activating group) is 1. The third kappa shape index (κ3) is 4.68. The molecule has 3 rings (SSSR count). The molecule has 0 fully saturated rings. The molecular weight excluding hydrogens is 373 g/mol. The Morgan fingerprint density at radius 1 is 1.21 bits per heavy atom. The predicted molar refractivity (Wildman–Crippen MR) is 107 cm³/mol. The molecular formula is C22H22FN3O3. The van der Waals surface area contributed by atoms with Gasteiger partial charge in [-0.15, -0.1) is 0 Å². The molecule has 0 radical (unpaired) electrons. The van der Waals surface area contributed by atoms with E-state index in [0.717, 1.165) is 11.1 Å². The second-order valence-corrected chi connectivity index (χ2v) is 6.62. The molecule has 3 aromatic rings. The first-order chi connectivity index (χ1) is 13.9. The maximum atomic E-state index is 13.3. The van der Waals surface area contributed by atoms with Crippen LogP contribution in [0.15, 0.2) is 54.7 Å². The lowest BCUT2D eigenvalue weighted by molar-refractivity contribution is -0.128. The molecule has 29 heavy (non-hydrogen) atoms. The number of esters is 1. The zero-order valence-electron chi connectivity index (χ0n) is 16.5. The summed E-state index contributed by atoms with van der Waals surface area (Å²) >= 11 is 0. The van der Waals surface area contributed by atoms with Gasteiger partial charge in [0.2, 0.25) is 0 Å². The van der Waals surface area contributed by atoms with Crippen molar-refractivity contribution in [1.29, 1.82) is 0 Å². The Balaban J connectivity index is 2.00. The second kappa shape index (κ2) is 8.68. The second-order valence-electron chi connectivity index (χ2n) is 6.62. The number of carbonyl (C=O) groups excluding carboxylic acids is 2. The molecule has 1 aromatic heterocycles. The van der Waals surface area contributed by atoms with Crippen molar-refractivity contribution in [1.82, 2.24) is 15.1 Å². The van der Waals surface area contributed by atoms with Crippen molar-refractivity contribution in [3.05, 3.63) is 71.7 Å². The first kappa shape index (κ1) is 20.3. The normalized spacial score (nSPS) is 11.7. The topological polar surface area (TPSA) is 73.2 Å². The van der Waals surface area contributed by atoms with Crippen LogP contribution in [0.1, 0.15) is 29.8 Å². The maximum Gasteiger partial charge on any atom is 0.342 e. The van der Waals surface area contributed by atoms with Crippen LogP contribution in [0, 0.1) is 12.7 Å². The van der Waals surface area contributed by atoms with Gasteiger partial charge < -0.3 is 10.1 Å². The molecule has 1 atom stereocenters. The van der Waals surface area contributed by atoms with Crippen molar-refractivity contribution >= 4 is 11.9 Å². The van der Waals surface area contributed by atoms with Gasteiger partial charge in [-0.3, -0.25) is 4.79 Å². The number of hydrogen-bond donors (Lipinski definition) is 1. The lowest BCUT2D eigenvalue weighted by Gasteiger charge is -2.12. The van der Waals surface area contributed by atoms with Gasteiger partial charge in [-0.05, 0) is 51.1 Å². The molecule has 0 aliphatic rings. The van der Waals surface area contributed by atoms with E-state index in [1.807, 2.05) is 31.2 Å². The number of hydrogen-bond acceptors (Lipinski definition) is 4. The van der Waals surface area contributed by atoms with Crippen molar-refractivity contribution in [2.24, 2.45) is 0 Å². The number of nitrogens with one attached hydrogen (secondary N) is 1. The van der Waals surface area contributed by atoms with E-state index in [1.165, 1.54) is 29.9 Å². The van der Waals surface area contributed by atoms with Crippen molar-refractivity contribution in [3.63, 3.8) is 0 Å². The van der Waals surface area contributed by atoms with Crippen LogP contribution in [0.4, 0.5) is 4.39 Å². The van der Waals surface area contributed by atoms with E-state index in [1.54, 1.807) is 19.1 Å². The Hall–Kier alpha value is -3.48. The Labute approximate surface area is 168 Å². The molecule has 0 unspecified atom stereocenters. The summed E-state index contributed by atoms with van der Waals surface area (Å²) < 4.78 is 20.1. The van der Waals surface area contributed by atoms with Crippen LogP contribution < -0.4 is 5.32 Å². The summed E-state index contributed by atoms with van der Waals surface area (Å²) in [4.78, 5) is 24.7. The summed E-state index contributed by atoms with van der Waals surface area (Å²) in [6.45, 7) is 5.68. The summed E-state index contributed by atoms with van der Waals surface area (Å²) in [5.74, 6) is -1.40. The predicted octanol–water partition coefficient (Wildman–Crippen LogP) is 3.67. The van der Waals surface area contributed by atoms with Gasteiger partial charge in [-0.1, -0.05) is 23.8 Å². The number of nitrogens with zero attached hydrogens (tertiary/aromatic N) is 2. The molecule has 0 bridgehead atoms. The van der Waals surface area contributed by atoms with Gasteiger partial charge in [0.15, 0.2) is 6.10 Å². The van der Waals surface area contributed by atoms with Crippen LogP contribution in [0.5, 0.6) is 0 Å². The molecule has 7 heteroatoms. The molecule has 0 saturated heterocycles. The summed E-state index contributed by atoms with van der Waals surface area (Å²) in [6.07, 6.45) is 0.583. The largest absolute Gasteiger partial charge is 0.449 e. The molecule has 0 aliphatic heterocycles. The number of ether oxygens (including phenoxy) is 1. The minimum Gasteiger partial charge on any atom is -0.449 e. The van der Waals surface area contributed by atoms with Gasteiger partial charge in [-0.2, -0.15) is 5.10 Å². The molecule has 0 saturated carbocycles. The molecule has 2 aromatic carbocycles. The van der Waals surface area contributed by atoms with Crippen LogP contribution in [-0.2, 0) is 9.53 Å². The third-order valence-electron chi connectivity index (χ3n) is 4.32. The molecule has 150 valence electrons. The average Bonchev–Trinajstić information content (AvgIpc) is 3.14. The van der Waals surface area contributed by atoms with Crippen LogP contribution in [0.3, 0.4) is 0 Å². The van der Waals surface area contributed by atoms with E-state index in [9.17, 15) is 14.0 Å². The van der Waals surface area contributed by atoms with E-state index >= 15 is 0 Å². The Kier molecular flexibility index (Phi) is 6.07. The fourth-order valence-electron chi connectivity index (χ4n) is 2.85. The lowest BCUT2D eigenvalue weighted by atomic mass is 10.1. The van der Waals surface area contributed by atoms with Gasteiger partial charge >= 0.3 is 5.97 Å². The Morgan fingerprint density at radius 2 is 1.93 bits per heavy atom. The molecule has 1 N–H and O–H groups in total. The molecule has 1 amide bonds. The van der Waals surface area contributed by atoms with Gasteiger partial charge in [-0.25, -0.2) is 13.9 Å². The number of aromatic nitrogens is 2. The summed E-state index contributed by atoms with van der Waals surface area (Å²) in [6, 6.07) is 13.3. The molecule has 6 nitrogen and oxygen atoms in total. The van der Waals surface area contributed by atoms with Gasteiger partial charge in [0.25, 0.3) is 5.91 Å². The molecule has 1 heterocycles.